The number of halogens is 1. The molecule has 3 aromatic rings. The minimum atomic E-state index is -4.27. The first-order chi connectivity index (χ1) is 18.9. The summed E-state index contributed by atoms with van der Waals surface area (Å²) in [6, 6.07) is 21.0. The maximum absolute atomic E-state index is 14.9. The Bertz CT molecular complexity index is 1410. The molecule has 0 saturated heterocycles. The SMILES string of the molecule is Cc1ccccc1CN(C(=O)CN(c1ccccc1F)S(=O)(=O)N(C)C)[C@H](Cc1ccccc1)C(=O)NC(C)C. The van der Waals surface area contributed by atoms with E-state index in [2.05, 4.69) is 5.32 Å². The molecule has 8 nitrogen and oxygen atoms in total. The number of benzene rings is 3. The van der Waals surface area contributed by atoms with Crippen LogP contribution in [0.25, 0.3) is 0 Å². The van der Waals surface area contributed by atoms with E-state index in [1.165, 1.54) is 37.2 Å². The number of para-hydroxylation sites is 1. The van der Waals surface area contributed by atoms with Gasteiger partial charge in [0.25, 0.3) is 0 Å². The summed E-state index contributed by atoms with van der Waals surface area (Å²) in [5.74, 6) is -1.80. The molecule has 0 saturated carbocycles. The van der Waals surface area contributed by atoms with Gasteiger partial charge in [0.05, 0.1) is 5.69 Å². The molecule has 1 N–H and O–H groups in total. The lowest BCUT2D eigenvalue weighted by atomic mass is 10.0. The minimum Gasteiger partial charge on any atom is -0.352 e. The molecule has 1 atom stereocenters. The van der Waals surface area contributed by atoms with Crippen molar-refractivity contribution in [3.05, 3.63) is 101 Å². The van der Waals surface area contributed by atoms with Crippen molar-refractivity contribution in [2.45, 2.75) is 45.8 Å². The van der Waals surface area contributed by atoms with E-state index in [0.717, 1.165) is 31.4 Å². The summed E-state index contributed by atoms with van der Waals surface area (Å²) in [7, 11) is -1.64. The lowest BCUT2D eigenvalue weighted by Gasteiger charge is -2.35. The van der Waals surface area contributed by atoms with Crippen LogP contribution in [0.4, 0.5) is 10.1 Å². The van der Waals surface area contributed by atoms with Gasteiger partial charge in [-0.05, 0) is 49.6 Å². The van der Waals surface area contributed by atoms with E-state index in [9.17, 15) is 22.4 Å². The van der Waals surface area contributed by atoms with Gasteiger partial charge in [0.15, 0.2) is 0 Å². The van der Waals surface area contributed by atoms with Gasteiger partial charge in [-0.15, -0.1) is 0 Å². The number of aryl methyl sites for hydroxylation is 1. The highest BCUT2D eigenvalue weighted by molar-refractivity contribution is 7.90. The number of nitrogens with one attached hydrogen (secondary N) is 1. The molecule has 0 aromatic heterocycles. The normalized spacial score (nSPS) is 12.3. The van der Waals surface area contributed by atoms with Crippen LogP contribution in [0.3, 0.4) is 0 Å². The number of nitrogens with zero attached hydrogens (tertiary/aromatic N) is 3. The summed E-state index contributed by atoms with van der Waals surface area (Å²) in [4.78, 5) is 29.1. The third-order valence-corrected chi connectivity index (χ3v) is 8.25. The maximum Gasteiger partial charge on any atom is 0.304 e. The molecule has 0 radical (unpaired) electrons. The fourth-order valence-electron chi connectivity index (χ4n) is 4.26. The van der Waals surface area contributed by atoms with Crippen LogP contribution in [-0.4, -0.2) is 62.2 Å². The Morgan fingerprint density at radius 3 is 2.10 bits per heavy atom. The molecule has 0 aliphatic heterocycles. The first-order valence-corrected chi connectivity index (χ1v) is 14.4. The first-order valence-electron chi connectivity index (χ1n) is 13.0. The second kappa shape index (κ2) is 13.5. The lowest BCUT2D eigenvalue weighted by molar-refractivity contribution is -0.140. The highest BCUT2D eigenvalue weighted by Crippen LogP contribution is 2.24. The Hall–Kier alpha value is -3.76. The number of hydrogen-bond donors (Lipinski definition) is 1. The van der Waals surface area contributed by atoms with Gasteiger partial charge in [-0.2, -0.15) is 12.7 Å². The molecule has 0 unspecified atom stereocenters. The van der Waals surface area contributed by atoms with Gasteiger partial charge in [-0.25, -0.2) is 8.70 Å². The van der Waals surface area contributed by atoms with Gasteiger partial charge in [-0.1, -0.05) is 66.7 Å². The highest BCUT2D eigenvalue weighted by atomic mass is 32.2. The molecule has 0 fully saturated rings. The first kappa shape index (κ1) is 30.8. The number of rotatable bonds is 12. The van der Waals surface area contributed by atoms with Crippen molar-refractivity contribution >= 4 is 27.7 Å². The summed E-state index contributed by atoms with van der Waals surface area (Å²) in [6.07, 6.45) is 0.205. The average molecular weight is 569 g/mol. The summed E-state index contributed by atoms with van der Waals surface area (Å²) in [5.41, 5.74) is 2.29. The number of carbonyl (C=O) groups excluding carboxylic acids is 2. The number of hydrogen-bond acceptors (Lipinski definition) is 4. The van der Waals surface area contributed by atoms with E-state index < -0.39 is 34.5 Å². The second-order valence-electron chi connectivity index (χ2n) is 10.1. The summed E-state index contributed by atoms with van der Waals surface area (Å²) < 4.78 is 43.2. The largest absolute Gasteiger partial charge is 0.352 e. The van der Waals surface area contributed by atoms with Crippen molar-refractivity contribution in [1.29, 1.82) is 0 Å². The Morgan fingerprint density at radius 1 is 0.900 bits per heavy atom. The van der Waals surface area contributed by atoms with E-state index in [4.69, 9.17) is 0 Å². The van der Waals surface area contributed by atoms with Gasteiger partial charge >= 0.3 is 10.2 Å². The van der Waals surface area contributed by atoms with Crippen molar-refractivity contribution in [2.24, 2.45) is 0 Å². The minimum absolute atomic E-state index is 0.0572. The predicted molar refractivity (Wildman–Crippen MR) is 155 cm³/mol. The van der Waals surface area contributed by atoms with Crippen LogP contribution in [0.5, 0.6) is 0 Å². The molecule has 0 bridgehead atoms. The maximum atomic E-state index is 14.9. The zero-order chi connectivity index (χ0) is 29.4. The quantitative estimate of drug-likeness (QED) is 0.359. The Morgan fingerprint density at radius 2 is 1.50 bits per heavy atom. The van der Waals surface area contributed by atoms with Crippen LogP contribution >= 0.6 is 0 Å². The zero-order valence-electron chi connectivity index (χ0n) is 23.5. The van der Waals surface area contributed by atoms with Gasteiger partial charge in [0.1, 0.15) is 18.4 Å². The van der Waals surface area contributed by atoms with Crippen LogP contribution in [0.15, 0.2) is 78.9 Å². The van der Waals surface area contributed by atoms with Crippen molar-refractivity contribution in [1.82, 2.24) is 14.5 Å². The van der Waals surface area contributed by atoms with Crippen LogP contribution in [-0.2, 0) is 32.8 Å². The smallest absolute Gasteiger partial charge is 0.304 e. The molecule has 0 spiro atoms. The van der Waals surface area contributed by atoms with E-state index in [1.54, 1.807) is 0 Å². The second-order valence-corrected chi connectivity index (χ2v) is 12.1. The third-order valence-electron chi connectivity index (χ3n) is 6.44. The van der Waals surface area contributed by atoms with E-state index >= 15 is 0 Å². The van der Waals surface area contributed by atoms with Gasteiger partial charge in [-0.3, -0.25) is 9.59 Å². The molecule has 10 heteroatoms. The molecule has 0 aliphatic rings. The van der Waals surface area contributed by atoms with E-state index in [-0.39, 0.29) is 30.6 Å². The van der Waals surface area contributed by atoms with Crippen molar-refractivity contribution in [2.75, 3.05) is 24.9 Å². The lowest BCUT2D eigenvalue weighted by Crippen LogP contribution is -2.55. The topological polar surface area (TPSA) is 90.0 Å². The van der Waals surface area contributed by atoms with E-state index in [0.29, 0.717) is 0 Å². The molecule has 3 aromatic carbocycles. The van der Waals surface area contributed by atoms with Crippen LogP contribution in [0, 0.1) is 12.7 Å². The molecule has 40 heavy (non-hydrogen) atoms. The molecular formula is C30H37FN4O4S. The number of amides is 2. The van der Waals surface area contributed by atoms with Crippen molar-refractivity contribution < 1.29 is 22.4 Å². The van der Waals surface area contributed by atoms with Crippen molar-refractivity contribution in [3.8, 4) is 0 Å². The zero-order valence-corrected chi connectivity index (χ0v) is 24.4. The average Bonchev–Trinajstić information content (AvgIpc) is 2.90. The van der Waals surface area contributed by atoms with Gasteiger partial charge in [0.2, 0.25) is 11.8 Å². The molecular weight excluding hydrogens is 531 g/mol. The van der Waals surface area contributed by atoms with Crippen LogP contribution in [0.2, 0.25) is 0 Å². The summed E-state index contributed by atoms with van der Waals surface area (Å²) in [6.45, 7) is 4.92. The fraction of sp³-hybridized carbons (Fsp3) is 0.333. The Kier molecular flexibility index (Phi) is 10.4. The van der Waals surface area contributed by atoms with Gasteiger partial charge in [0, 0.05) is 33.1 Å². The number of carbonyl (C=O) groups is 2. The van der Waals surface area contributed by atoms with Crippen LogP contribution < -0.4 is 9.62 Å². The molecule has 2 amide bonds. The summed E-state index contributed by atoms with van der Waals surface area (Å²) in [5, 5.41) is 2.91. The Labute approximate surface area is 236 Å². The molecule has 214 valence electrons. The third kappa shape index (κ3) is 7.67. The predicted octanol–water partition coefficient (Wildman–Crippen LogP) is 3.91. The highest BCUT2D eigenvalue weighted by Gasteiger charge is 2.35. The molecule has 0 aliphatic carbocycles. The van der Waals surface area contributed by atoms with Crippen molar-refractivity contribution in [3.63, 3.8) is 0 Å². The standard InChI is InChI=1S/C30H37FN4O4S/c1-22(2)32-30(37)28(19-24-14-7-6-8-15-24)34(20-25-16-10-9-13-23(25)3)29(36)21-35(40(38,39)33(4)5)27-18-12-11-17-26(27)31/h6-18,22,28H,19-21H2,1-5H3,(H,32,37)/t28-/m1/s1. The molecule has 3 rings (SSSR count). The Balaban J connectivity index is 2.12. The van der Waals surface area contributed by atoms with Crippen LogP contribution in [0.1, 0.15) is 30.5 Å². The number of anilines is 1. The van der Waals surface area contributed by atoms with Gasteiger partial charge < -0.3 is 10.2 Å². The monoisotopic (exact) mass is 568 g/mol. The molecule has 0 heterocycles. The van der Waals surface area contributed by atoms with E-state index in [1.807, 2.05) is 75.4 Å². The fourth-order valence-corrected chi connectivity index (χ4v) is 5.33. The summed E-state index contributed by atoms with van der Waals surface area (Å²) >= 11 is 0.